The van der Waals surface area contributed by atoms with Crippen molar-refractivity contribution in [3.63, 3.8) is 0 Å². The Balaban J connectivity index is 2.08. The first-order chi connectivity index (χ1) is 11.5. The Morgan fingerprint density at radius 2 is 1.96 bits per heavy atom. The van der Waals surface area contributed by atoms with Crippen molar-refractivity contribution < 1.29 is 14.3 Å². The number of nitrogens with one attached hydrogen (secondary N) is 1. The molecule has 0 radical (unpaired) electrons. The molecule has 6 heteroatoms. The van der Waals surface area contributed by atoms with Crippen molar-refractivity contribution in [2.75, 3.05) is 11.9 Å². The molecule has 2 aromatic rings. The van der Waals surface area contributed by atoms with Gasteiger partial charge in [0, 0.05) is 16.2 Å². The van der Waals surface area contributed by atoms with Crippen LogP contribution in [0.25, 0.3) is 0 Å². The minimum atomic E-state index is -0.721. The Morgan fingerprint density at radius 1 is 1.25 bits per heavy atom. The highest BCUT2D eigenvalue weighted by Gasteiger charge is 2.17. The normalized spacial score (nSPS) is 11.2. The van der Waals surface area contributed by atoms with Gasteiger partial charge in [0.2, 0.25) is 0 Å². The van der Waals surface area contributed by atoms with Gasteiger partial charge < -0.3 is 14.8 Å². The van der Waals surface area contributed by atoms with Crippen molar-refractivity contribution in [1.82, 2.24) is 0 Å². The van der Waals surface area contributed by atoms with Crippen LogP contribution >= 0.6 is 15.9 Å². The molecule has 0 fully saturated rings. The maximum atomic E-state index is 12.3. The number of rotatable bonds is 6. The molecule has 0 spiro atoms. The Bertz CT molecular complexity index is 754. The van der Waals surface area contributed by atoms with E-state index in [1.54, 1.807) is 37.3 Å². The van der Waals surface area contributed by atoms with E-state index in [9.17, 15) is 4.79 Å². The maximum absolute atomic E-state index is 12.3. The van der Waals surface area contributed by atoms with Crippen LogP contribution < -0.4 is 14.8 Å². The molecule has 1 amide bonds. The molecule has 0 saturated heterocycles. The number of nitrogens with zero attached hydrogens (tertiary/aromatic N) is 1. The summed E-state index contributed by atoms with van der Waals surface area (Å²) in [7, 11) is 0. The zero-order chi connectivity index (χ0) is 17.5. The fraction of sp³-hybridized carbons (Fsp3) is 0.222. The second-order valence-electron chi connectivity index (χ2n) is 4.96. The van der Waals surface area contributed by atoms with Gasteiger partial charge in [-0.15, -0.1) is 0 Å². The number of ether oxygens (including phenoxy) is 2. The molecule has 0 aromatic heterocycles. The van der Waals surface area contributed by atoms with Gasteiger partial charge in [-0.25, -0.2) is 0 Å². The number of nitriles is 1. The van der Waals surface area contributed by atoms with E-state index in [-0.39, 0.29) is 5.91 Å². The van der Waals surface area contributed by atoms with E-state index < -0.39 is 6.10 Å². The second-order valence-corrected chi connectivity index (χ2v) is 5.88. The van der Waals surface area contributed by atoms with Gasteiger partial charge in [0.25, 0.3) is 5.91 Å². The SMILES string of the molecule is CCOc1cc(C#N)ccc1OC(C)C(=O)Nc1ccc(Br)cc1. The van der Waals surface area contributed by atoms with Crippen molar-refractivity contribution in [2.24, 2.45) is 0 Å². The average Bonchev–Trinajstić information content (AvgIpc) is 2.58. The van der Waals surface area contributed by atoms with Crippen molar-refractivity contribution >= 4 is 27.5 Å². The highest BCUT2D eigenvalue weighted by Crippen LogP contribution is 2.29. The van der Waals surface area contributed by atoms with Crippen LogP contribution in [0.5, 0.6) is 11.5 Å². The molecule has 2 rings (SSSR count). The third-order valence-corrected chi connectivity index (χ3v) is 3.69. The van der Waals surface area contributed by atoms with Crippen LogP contribution in [-0.2, 0) is 4.79 Å². The van der Waals surface area contributed by atoms with E-state index in [0.29, 0.717) is 29.4 Å². The summed E-state index contributed by atoms with van der Waals surface area (Å²) in [6.07, 6.45) is -0.721. The lowest BCUT2D eigenvalue weighted by atomic mass is 10.2. The predicted octanol–water partition coefficient (Wildman–Crippen LogP) is 4.13. The standard InChI is InChI=1S/C18H17BrN2O3/c1-3-23-17-10-13(11-20)4-9-16(17)24-12(2)18(22)21-15-7-5-14(19)6-8-15/h4-10,12H,3H2,1-2H3,(H,21,22). The second kappa shape index (κ2) is 8.37. The van der Waals surface area contributed by atoms with Crippen LogP contribution in [0.2, 0.25) is 0 Å². The van der Waals surface area contributed by atoms with Crippen LogP contribution in [0.3, 0.4) is 0 Å². The first-order valence-corrected chi connectivity index (χ1v) is 8.22. The number of carbonyl (C=O) groups excluding carboxylic acids is 1. The monoisotopic (exact) mass is 388 g/mol. The number of amides is 1. The van der Waals surface area contributed by atoms with Crippen molar-refractivity contribution in [1.29, 1.82) is 5.26 Å². The molecule has 2 aromatic carbocycles. The summed E-state index contributed by atoms with van der Waals surface area (Å²) in [5.41, 5.74) is 1.15. The fourth-order valence-corrected chi connectivity index (χ4v) is 2.23. The van der Waals surface area contributed by atoms with E-state index >= 15 is 0 Å². The summed E-state index contributed by atoms with van der Waals surface area (Å²) in [6, 6.07) is 14.2. The van der Waals surface area contributed by atoms with Gasteiger partial charge in [0.1, 0.15) is 0 Å². The molecule has 0 bridgehead atoms. The minimum absolute atomic E-state index is 0.274. The Labute approximate surface area is 149 Å². The van der Waals surface area contributed by atoms with Gasteiger partial charge in [0.15, 0.2) is 17.6 Å². The van der Waals surface area contributed by atoms with Gasteiger partial charge in [0.05, 0.1) is 18.2 Å². The lowest BCUT2D eigenvalue weighted by Gasteiger charge is -2.17. The van der Waals surface area contributed by atoms with Gasteiger partial charge in [-0.1, -0.05) is 15.9 Å². The molecule has 0 saturated carbocycles. The highest BCUT2D eigenvalue weighted by molar-refractivity contribution is 9.10. The summed E-state index contributed by atoms with van der Waals surface area (Å²) in [5.74, 6) is 0.596. The van der Waals surface area contributed by atoms with Gasteiger partial charge in [-0.3, -0.25) is 4.79 Å². The van der Waals surface area contributed by atoms with Crippen LogP contribution in [-0.4, -0.2) is 18.6 Å². The minimum Gasteiger partial charge on any atom is -0.490 e. The first-order valence-electron chi connectivity index (χ1n) is 7.43. The zero-order valence-corrected chi connectivity index (χ0v) is 15.0. The summed E-state index contributed by atoms with van der Waals surface area (Å²) in [4.78, 5) is 12.3. The van der Waals surface area contributed by atoms with Crippen LogP contribution in [0, 0.1) is 11.3 Å². The molecular formula is C18H17BrN2O3. The van der Waals surface area contributed by atoms with Gasteiger partial charge >= 0.3 is 0 Å². The molecule has 5 nitrogen and oxygen atoms in total. The predicted molar refractivity (Wildman–Crippen MR) is 95.2 cm³/mol. The van der Waals surface area contributed by atoms with Crippen LogP contribution in [0.15, 0.2) is 46.9 Å². The maximum Gasteiger partial charge on any atom is 0.265 e. The Kier molecular flexibility index (Phi) is 6.21. The number of benzene rings is 2. The lowest BCUT2D eigenvalue weighted by Crippen LogP contribution is -2.30. The Hall–Kier alpha value is -2.52. The molecular weight excluding hydrogens is 372 g/mol. The molecule has 1 unspecified atom stereocenters. The van der Waals surface area contributed by atoms with Crippen LogP contribution in [0.4, 0.5) is 5.69 Å². The Morgan fingerprint density at radius 3 is 2.58 bits per heavy atom. The fourth-order valence-electron chi connectivity index (χ4n) is 1.96. The quantitative estimate of drug-likeness (QED) is 0.807. The third-order valence-electron chi connectivity index (χ3n) is 3.16. The van der Waals surface area contributed by atoms with Crippen LogP contribution in [0.1, 0.15) is 19.4 Å². The van der Waals surface area contributed by atoms with Crippen molar-refractivity contribution in [2.45, 2.75) is 20.0 Å². The summed E-state index contributed by atoms with van der Waals surface area (Å²) in [6.45, 7) is 3.93. The number of hydrogen-bond donors (Lipinski definition) is 1. The molecule has 1 atom stereocenters. The van der Waals surface area contributed by atoms with E-state index in [2.05, 4.69) is 21.2 Å². The molecule has 124 valence electrons. The van der Waals surface area contributed by atoms with Gasteiger partial charge in [-0.05, 0) is 50.2 Å². The highest BCUT2D eigenvalue weighted by atomic mass is 79.9. The molecule has 0 aliphatic rings. The largest absolute Gasteiger partial charge is 0.490 e. The molecule has 0 heterocycles. The van der Waals surface area contributed by atoms with E-state index in [1.807, 2.05) is 25.1 Å². The summed E-state index contributed by atoms with van der Waals surface area (Å²) < 4.78 is 12.1. The smallest absolute Gasteiger partial charge is 0.265 e. The van der Waals surface area contributed by atoms with E-state index in [4.69, 9.17) is 14.7 Å². The van der Waals surface area contributed by atoms with Crippen molar-refractivity contribution in [3.8, 4) is 17.6 Å². The molecule has 24 heavy (non-hydrogen) atoms. The van der Waals surface area contributed by atoms with E-state index in [0.717, 1.165) is 4.47 Å². The van der Waals surface area contributed by atoms with Crippen molar-refractivity contribution in [3.05, 3.63) is 52.5 Å². The van der Waals surface area contributed by atoms with E-state index in [1.165, 1.54) is 0 Å². The zero-order valence-electron chi connectivity index (χ0n) is 13.4. The average molecular weight is 389 g/mol. The number of carbonyl (C=O) groups is 1. The molecule has 1 N–H and O–H groups in total. The topological polar surface area (TPSA) is 71.3 Å². The number of hydrogen-bond acceptors (Lipinski definition) is 4. The summed E-state index contributed by atoms with van der Waals surface area (Å²) >= 11 is 3.35. The van der Waals surface area contributed by atoms with Gasteiger partial charge in [-0.2, -0.15) is 5.26 Å². The molecule has 0 aliphatic heterocycles. The molecule has 0 aliphatic carbocycles. The third kappa shape index (κ3) is 4.74. The lowest BCUT2D eigenvalue weighted by molar-refractivity contribution is -0.122. The number of halogens is 1. The summed E-state index contributed by atoms with van der Waals surface area (Å²) in [5, 5.41) is 11.7. The first kappa shape index (κ1) is 17.8. The number of anilines is 1.